The van der Waals surface area contributed by atoms with Crippen LogP contribution in [-0.4, -0.2) is 82.6 Å². The molecular weight excluding hydrogens is 479 g/mol. The van der Waals surface area contributed by atoms with E-state index in [1.807, 2.05) is 37.8 Å². The van der Waals surface area contributed by atoms with Crippen LogP contribution in [0.2, 0.25) is 0 Å². The number of aromatic amines is 1. The molecule has 0 saturated carbocycles. The lowest BCUT2D eigenvalue weighted by molar-refractivity contribution is 0.0434. The van der Waals surface area contributed by atoms with E-state index in [4.69, 9.17) is 0 Å². The van der Waals surface area contributed by atoms with Crippen molar-refractivity contribution in [3.8, 4) is 5.82 Å². The average molecular weight is 507 g/mol. The second kappa shape index (κ2) is 9.93. The van der Waals surface area contributed by atoms with Gasteiger partial charge in [-0.25, -0.2) is 19.0 Å². The third-order valence-corrected chi connectivity index (χ3v) is 6.10. The van der Waals surface area contributed by atoms with Crippen molar-refractivity contribution in [1.29, 1.82) is 0 Å². The highest BCUT2D eigenvalue weighted by atomic mass is 19.1. The van der Waals surface area contributed by atoms with Gasteiger partial charge in [-0.15, -0.1) is 0 Å². The Balaban J connectivity index is 1.33. The van der Waals surface area contributed by atoms with Gasteiger partial charge in [0.15, 0.2) is 17.5 Å². The molecule has 1 aliphatic heterocycles. The number of hydrogen-bond donors (Lipinski definition) is 3. The van der Waals surface area contributed by atoms with Gasteiger partial charge in [0.2, 0.25) is 5.95 Å². The predicted molar refractivity (Wildman–Crippen MR) is 133 cm³/mol. The largest absolute Gasteiger partial charge is 0.394 e. The molecule has 192 valence electrons. The van der Waals surface area contributed by atoms with Gasteiger partial charge in [0, 0.05) is 48.8 Å². The minimum absolute atomic E-state index is 0.228. The fourth-order valence-electron chi connectivity index (χ4n) is 4.45. The van der Waals surface area contributed by atoms with Crippen molar-refractivity contribution < 1.29 is 14.3 Å². The van der Waals surface area contributed by atoms with Crippen LogP contribution >= 0.6 is 0 Å². The quantitative estimate of drug-likeness (QED) is 0.358. The smallest absolute Gasteiger partial charge is 0.256 e. The number of aliphatic hydroxyl groups is 1. The van der Waals surface area contributed by atoms with Crippen LogP contribution in [-0.2, 0) is 0 Å². The Labute approximate surface area is 212 Å². The Morgan fingerprint density at radius 3 is 2.68 bits per heavy atom. The third-order valence-electron chi connectivity index (χ3n) is 6.10. The van der Waals surface area contributed by atoms with Crippen LogP contribution in [0.3, 0.4) is 0 Å². The Bertz CT molecular complexity index is 1400. The molecular formula is C24H27FN10O2. The topological polar surface area (TPSA) is 141 Å². The lowest BCUT2D eigenvalue weighted by atomic mass is 10.1. The standard InChI is InChI=1S/C24H27FN10O2/c1-14-6-20(29-21-7-15(2)31-32-21)30-24(28-14)33-10-16(3)35(19(12-33)13-36)23(37)17-4-5-22(26-8-17)34-11-18(25)9-27-34/h4-9,11,16,19,36H,10,12-13H2,1-3H3,(H2,28,29,30,31,32). The highest BCUT2D eigenvalue weighted by Crippen LogP contribution is 2.24. The summed E-state index contributed by atoms with van der Waals surface area (Å²) in [4.78, 5) is 30.5. The van der Waals surface area contributed by atoms with Crippen LogP contribution in [0.1, 0.15) is 28.7 Å². The minimum Gasteiger partial charge on any atom is -0.394 e. The molecule has 1 aliphatic rings. The summed E-state index contributed by atoms with van der Waals surface area (Å²) in [5, 5.41) is 24.3. The molecule has 0 radical (unpaired) electrons. The first-order valence-corrected chi connectivity index (χ1v) is 11.8. The maximum absolute atomic E-state index is 13.4. The summed E-state index contributed by atoms with van der Waals surface area (Å²) in [5.74, 6) is 1.42. The molecule has 1 fully saturated rings. The third kappa shape index (κ3) is 5.11. The highest BCUT2D eigenvalue weighted by Gasteiger charge is 2.36. The molecule has 4 aromatic heterocycles. The summed E-state index contributed by atoms with van der Waals surface area (Å²) >= 11 is 0. The summed E-state index contributed by atoms with van der Waals surface area (Å²) in [6, 6.07) is 6.20. The van der Waals surface area contributed by atoms with Crippen LogP contribution in [0.25, 0.3) is 5.82 Å². The van der Waals surface area contributed by atoms with Crippen LogP contribution in [0.15, 0.2) is 42.9 Å². The van der Waals surface area contributed by atoms with Crippen molar-refractivity contribution in [2.75, 3.05) is 29.9 Å². The van der Waals surface area contributed by atoms with Crippen molar-refractivity contribution in [2.24, 2.45) is 0 Å². The highest BCUT2D eigenvalue weighted by molar-refractivity contribution is 5.94. The van der Waals surface area contributed by atoms with Gasteiger partial charge >= 0.3 is 0 Å². The van der Waals surface area contributed by atoms with Crippen LogP contribution in [0, 0.1) is 19.7 Å². The number of carbonyl (C=O) groups excluding carboxylic acids is 1. The number of nitrogens with zero attached hydrogens (tertiary/aromatic N) is 8. The number of hydrogen-bond acceptors (Lipinski definition) is 9. The lowest BCUT2D eigenvalue weighted by Crippen LogP contribution is -2.61. The maximum Gasteiger partial charge on any atom is 0.256 e. The second-order valence-electron chi connectivity index (χ2n) is 9.07. The Kier molecular flexibility index (Phi) is 6.53. The number of aromatic nitrogens is 7. The number of halogens is 1. The number of anilines is 3. The van der Waals surface area contributed by atoms with Gasteiger partial charge in [0.05, 0.1) is 30.6 Å². The Morgan fingerprint density at radius 1 is 1.19 bits per heavy atom. The zero-order chi connectivity index (χ0) is 26.1. The molecule has 0 aliphatic carbocycles. The van der Waals surface area contributed by atoms with Crippen LogP contribution in [0.4, 0.5) is 22.0 Å². The van der Waals surface area contributed by atoms with E-state index in [1.54, 1.807) is 17.0 Å². The molecule has 0 aromatic carbocycles. The normalized spacial score (nSPS) is 17.8. The first-order valence-electron chi connectivity index (χ1n) is 11.8. The minimum atomic E-state index is -0.481. The molecule has 0 bridgehead atoms. The van der Waals surface area contributed by atoms with Gasteiger partial charge in [0.25, 0.3) is 5.91 Å². The van der Waals surface area contributed by atoms with Gasteiger partial charge in [-0.3, -0.25) is 9.89 Å². The lowest BCUT2D eigenvalue weighted by Gasteiger charge is -2.45. The SMILES string of the molecule is Cc1cc(Nc2cc(C)[nH]n2)nc(N2CC(C)N(C(=O)c3ccc(-n4cc(F)cn4)nc3)C(CO)C2)n1. The monoisotopic (exact) mass is 506 g/mol. The zero-order valence-electron chi connectivity index (χ0n) is 20.6. The van der Waals surface area contributed by atoms with Crippen molar-refractivity contribution in [3.05, 3.63) is 65.6 Å². The average Bonchev–Trinajstić information content (AvgIpc) is 3.50. The van der Waals surface area contributed by atoms with E-state index in [0.29, 0.717) is 42.1 Å². The number of piperazine rings is 1. The predicted octanol–water partition coefficient (Wildman–Crippen LogP) is 1.99. The molecule has 37 heavy (non-hydrogen) atoms. The number of carbonyl (C=O) groups is 1. The van der Waals surface area contributed by atoms with E-state index in [2.05, 4.69) is 35.6 Å². The molecule has 12 nitrogen and oxygen atoms in total. The number of aliphatic hydroxyl groups excluding tert-OH is 1. The van der Waals surface area contributed by atoms with Gasteiger partial charge in [-0.2, -0.15) is 15.2 Å². The van der Waals surface area contributed by atoms with Crippen molar-refractivity contribution in [1.82, 2.24) is 39.8 Å². The molecule has 1 amide bonds. The number of rotatable bonds is 6. The first kappa shape index (κ1) is 24.3. The number of nitrogens with one attached hydrogen (secondary N) is 2. The van der Waals surface area contributed by atoms with Gasteiger partial charge in [-0.1, -0.05) is 0 Å². The van der Waals surface area contributed by atoms with Crippen LogP contribution in [0.5, 0.6) is 0 Å². The zero-order valence-corrected chi connectivity index (χ0v) is 20.6. The van der Waals surface area contributed by atoms with Crippen LogP contribution < -0.4 is 10.2 Å². The Hall–Kier alpha value is -4.39. The van der Waals surface area contributed by atoms with E-state index >= 15 is 0 Å². The summed E-state index contributed by atoms with van der Waals surface area (Å²) in [5.41, 5.74) is 2.06. The summed E-state index contributed by atoms with van der Waals surface area (Å²) in [6.45, 7) is 6.32. The van der Waals surface area contributed by atoms with E-state index in [1.165, 1.54) is 17.1 Å². The van der Waals surface area contributed by atoms with Gasteiger partial charge < -0.3 is 20.2 Å². The van der Waals surface area contributed by atoms with E-state index < -0.39 is 11.9 Å². The van der Waals surface area contributed by atoms with Gasteiger partial charge in [-0.05, 0) is 32.9 Å². The number of H-pyrrole nitrogens is 1. The fourth-order valence-corrected chi connectivity index (χ4v) is 4.45. The molecule has 0 spiro atoms. The fraction of sp³-hybridized carbons (Fsp3) is 0.333. The van der Waals surface area contributed by atoms with E-state index in [0.717, 1.165) is 17.6 Å². The molecule has 4 aromatic rings. The number of aryl methyl sites for hydroxylation is 2. The van der Waals surface area contributed by atoms with Crippen molar-refractivity contribution in [3.63, 3.8) is 0 Å². The molecule has 1 saturated heterocycles. The molecule has 2 unspecified atom stereocenters. The summed E-state index contributed by atoms with van der Waals surface area (Å²) in [6.07, 6.45) is 3.73. The first-order chi connectivity index (χ1) is 17.8. The molecule has 5 heterocycles. The van der Waals surface area contributed by atoms with E-state index in [9.17, 15) is 14.3 Å². The second-order valence-corrected chi connectivity index (χ2v) is 9.07. The molecule has 2 atom stereocenters. The summed E-state index contributed by atoms with van der Waals surface area (Å²) in [7, 11) is 0. The summed E-state index contributed by atoms with van der Waals surface area (Å²) < 4.78 is 14.6. The molecule has 3 N–H and O–H groups in total. The molecule has 13 heteroatoms. The van der Waals surface area contributed by atoms with E-state index in [-0.39, 0.29) is 18.6 Å². The maximum atomic E-state index is 13.4. The number of pyridine rings is 1. The molecule has 5 rings (SSSR count). The van der Waals surface area contributed by atoms with Crippen molar-refractivity contribution >= 4 is 23.5 Å². The number of amides is 1. The van der Waals surface area contributed by atoms with Gasteiger partial charge in [0.1, 0.15) is 5.82 Å². The van der Waals surface area contributed by atoms with Crippen molar-refractivity contribution in [2.45, 2.75) is 32.9 Å². The Morgan fingerprint density at radius 2 is 2.03 bits per heavy atom.